The lowest BCUT2D eigenvalue weighted by Crippen LogP contribution is -2.16. The van der Waals surface area contributed by atoms with Gasteiger partial charge in [0, 0.05) is 37.1 Å². The average Bonchev–Trinajstić information content (AvgIpc) is 3.37. The molecular formula is C21H17N9O2. The maximum Gasteiger partial charge on any atom is 0.287 e. The number of nitrogens with zero attached hydrogens (tertiary/aromatic N) is 6. The zero-order chi connectivity index (χ0) is 22.3. The quantitative estimate of drug-likeness (QED) is 0.218. The Morgan fingerprint density at radius 2 is 1.81 bits per heavy atom. The molecule has 0 amide bonds. The molecule has 0 saturated carbocycles. The summed E-state index contributed by atoms with van der Waals surface area (Å²) in [6, 6.07) is 14.0. The first-order valence-corrected chi connectivity index (χ1v) is 9.60. The molecule has 158 valence electrons. The number of hydrogen-bond acceptors (Lipinski definition) is 9. The van der Waals surface area contributed by atoms with Gasteiger partial charge >= 0.3 is 0 Å². The monoisotopic (exact) mass is 427 g/mol. The molecular weight excluding hydrogens is 410 g/mol. The van der Waals surface area contributed by atoms with Crippen LogP contribution in [0.15, 0.2) is 61.1 Å². The predicted molar refractivity (Wildman–Crippen MR) is 118 cm³/mol. The number of anilines is 2. The number of imidazole rings is 1. The van der Waals surface area contributed by atoms with Crippen molar-refractivity contribution in [2.24, 2.45) is 0 Å². The van der Waals surface area contributed by atoms with Crippen molar-refractivity contribution >= 4 is 17.5 Å². The van der Waals surface area contributed by atoms with Gasteiger partial charge in [0.15, 0.2) is 5.82 Å². The Morgan fingerprint density at radius 1 is 1.03 bits per heavy atom. The van der Waals surface area contributed by atoms with Crippen LogP contribution in [0, 0.1) is 21.4 Å². The van der Waals surface area contributed by atoms with Crippen LogP contribution in [-0.4, -0.2) is 42.9 Å². The number of aromatic nitrogens is 5. The molecule has 4 aromatic rings. The second kappa shape index (κ2) is 9.31. The van der Waals surface area contributed by atoms with Crippen LogP contribution < -0.4 is 10.6 Å². The number of nitro groups is 1. The first-order chi connectivity index (χ1) is 15.6. The van der Waals surface area contributed by atoms with Gasteiger partial charge in [-0.3, -0.25) is 10.1 Å². The molecule has 11 nitrogen and oxygen atoms in total. The van der Waals surface area contributed by atoms with E-state index in [0.717, 1.165) is 5.56 Å². The smallest absolute Gasteiger partial charge is 0.287 e. The second-order valence-electron chi connectivity index (χ2n) is 6.60. The van der Waals surface area contributed by atoms with Crippen molar-refractivity contribution in [1.29, 1.82) is 5.26 Å². The van der Waals surface area contributed by atoms with Gasteiger partial charge in [-0.25, -0.2) is 19.9 Å². The number of H-pyrrole nitrogens is 1. The Morgan fingerprint density at radius 3 is 2.47 bits per heavy atom. The summed E-state index contributed by atoms with van der Waals surface area (Å²) >= 11 is 0. The molecule has 4 rings (SSSR count). The third-order valence-electron chi connectivity index (χ3n) is 4.45. The topological polar surface area (TPSA) is 158 Å². The first-order valence-electron chi connectivity index (χ1n) is 9.60. The van der Waals surface area contributed by atoms with E-state index >= 15 is 0 Å². The lowest BCUT2D eigenvalue weighted by Gasteiger charge is -2.10. The van der Waals surface area contributed by atoms with Crippen LogP contribution >= 0.6 is 0 Å². The molecule has 0 aliphatic heterocycles. The zero-order valence-corrected chi connectivity index (χ0v) is 16.7. The first kappa shape index (κ1) is 20.4. The molecule has 0 aliphatic rings. The average molecular weight is 427 g/mol. The van der Waals surface area contributed by atoms with Crippen LogP contribution in [0.4, 0.5) is 17.5 Å². The fraction of sp³-hybridized carbons (Fsp3) is 0.0952. The molecule has 0 fully saturated rings. The van der Waals surface area contributed by atoms with Crippen LogP contribution in [0.5, 0.6) is 0 Å². The van der Waals surface area contributed by atoms with Crippen molar-refractivity contribution in [2.75, 3.05) is 23.7 Å². The molecule has 0 unspecified atom stereocenters. The number of hydrogen-bond donors (Lipinski definition) is 3. The lowest BCUT2D eigenvalue weighted by molar-refractivity contribution is -0.385. The highest BCUT2D eigenvalue weighted by atomic mass is 16.6. The van der Waals surface area contributed by atoms with Gasteiger partial charge in [0.2, 0.25) is 5.95 Å². The molecule has 0 atom stereocenters. The number of benzene rings is 1. The molecule has 0 radical (unpaired) electrons. The highest BCUT2D eigenvalue weighted by Crippen LogP contribution is 2.23. The van der Waals surface area contributed by atoms with Gasteiger partial charge in [0.25, 0.3) is 5.69 Å². The SMILES string of the molecule is N#Cc1ccc(-c2cc(-c3ncc[nH]3)nc(NCCNc3ccc([N+](=O)[O-])cn3)n2)cc1. The normalized spacial score (nSPS) is 10.3. The predicted octanol–water partition coefficient (Wildman–Crippen LogP) is 3.23. The van der Waals surface area contributed by atoms with Crippen molar-refractivity contribution < 1.29 is 4.92 Å². The van der Waals surface area contributed by atoms with Crippen LogP contribution in [0.2, 0.25) is 0 Å². The van der Waals surface area contributed by atoms with E-state index in [-0.39, 0.29) is 5.69 Å². The molecule has 3 heterocycles. The van der Waals surface area contributed by atoms with Crippen molar-refractivity contribution in [3.8, 4) is 28.8 Å². The summed E-state index contributed by atoms with van der Waals surface area (Å²) in [4.78, 5) is 30.6. The molecule has 3 N–H and O–H groups in total. The standard InChI is InChI=1S/C21H17N9O2/c22-12-14-1-3-15(4-2-14)17-11-18(20-24-8-9-25-20)29-21(28-17)26-10-7-23-19-6-5-16(13-27-19)30(31)32/h1-6,8-9,11,13H,7,10H2,(H,23,27)(H,24,25)(H,26,28,29). The fourth-order valence-corrected chi connectivity index (χ4v) is 2.88. The number of nitrogens with one attached hydrogen (secondary N) is 3. The van der Waals surface area contributed by atoms with E-state index in [2.05, 4.69) is 41.6 Å². The minimum absolute atomic E-state index is 0.0628. The largest absolute Gasteiger partial charge is 0.368 e. The van der Waals surface area contributed by atoms with Gasteiger partial charge in [-0.2, -0.15) is 5.26 Å². The minimum atomic E-state index is -0.493. The van der Waals surface area contributed by atoms with Crippen LogP contribution in [0.3, 0.4) is 0 Å². The summed E-state index contributed by atoms with van der Waals surface area (Å²) in [5.74, 6) is 1.55. The van der Waals surface area contributed by atoms with E-state index in [1.54, 1.807) is 30.6 Å². The summed E-state index contributed by atoms with van der Waals surface area (Å²) in [6.07, 6.45) is 4.57. The highest BCUT2D eigenvalue weighted by molar-refractivity contribution is 5.67. The minimum Gasteiger partial charge on any atom is -0.368 e. The summed E-state index contributed by atoms with van der Waals surface area (Å²) in [6.45, 7) is 0.971. The summed E-state index contributed by atoms with van der Waals surface area (Å²) in [5.41, 5.74) is 2.65. The van der Waals surface area contributed by atoms with Crippen molar-refractivity contribution in [2.45, 2.75) is 0 Å². The Labute approximate surface area is 182 Å². The van der Waals surface area contributed by atoms with Crippen LogP contribution in [0.1, 0.15) is 5.56 Å². The van der Waals surface area contributed by atoms with Gasteiger partial charge in [-0.1, -0.05) is 12.1 Å². The van der Waals surface area contributed by atoms with Crippen molar-refractivity contribution in [3.05, 3.63) is 76.7 Å². The third-order valence-corrected chi connectivity index (χ3v) is 4.45. The van der Waals surface area contributed by atoms with E-state index in [0.29, 0.717) is 47.6 Å². The maximum absolute atomic E-state index is 10.7. The van der Waals surface area contributed by atoms with E-state index in [1.807, 2.05) is 18.2 Å². The van der Waals surface area contributed by atoms with E-state index in [1.165, 1.54) is 12.3 Å². The number of aromatic amines is 1. The van der Waals surface area contributed by atoms with Gasteiger partial charge in [0.1, 0.15) is 17.7 Å². The van der Waals surface area contributed by atoms with Gasteiger partial charge in [-0.15, -0.1) is 0 Å². The molecule has 11 heteroatoms. The van der Waals surface area contributed by atoms with Gasteiger partial charge in [-0.05, 0) is 24.3 Å². The molecule has 0 saturated heterocycles. The van der Waals surface area contributed by atoms with E-state index in [9.17, 15) is 10.1 Å². The molecule has 0 bridgehead atoms. The van der Waals surface area contributed by atoms with E-state index < -0.39 is 4.92 Å². The summed E-state index contributed by atoms with van der Waals surface area (Å²) in [5, 5.41) is 26.0. The molecule has 0 spiro atoms. The number of pyridine rings is 1. The second-order valence-corrected chi connectivity index (χ2v) is 6.60. The Bertz CT molecular complexity index is 1250. The van der Waals surface area contributed by atoms with Crippen molar-refractivity contribution in [3.63, 3.8) is 0 Å². The third kappa shape index (κ3) is 4.82. The van der Waals surface area contributed by atoms with Gasteiger partial charge in [0.05, 0.1) is 22.2 Å². The Kier molecular flexibility index (Phi) is 5.94. The molecule has 3 aromatic heterocycles. The molecule has 1 aromatic carbocycles. The summed E-state index contributed by atoms with van der Waals surface area (Å²) in [7, 11) is 0. The highest BCUT2D eigenvalue weighted by Gasteiger charge is 2.10. The maximum atomic E-state index is 10.7. The van der Waals surface area contributed by atoms with Crippen LogP contribution in [-0.2, 0) is 0 Å². The lowest BCUT2D eigenvalue weighted by atomic mass is 10.1. The Hall–Kier alpha value is -4.85. The fourth-order valence-electron chi connectivity index (χ4n) is 2.88. The number of nitriles is 1. The van der Waals surface area contributed by atoms with Gasteiger partial charge < -0.3 is 15.6 Å². The summed E-state index contributed by atoms with van der Waals surface area (Å²) < 4.78 is 0. The molecule has 32 heavy (non-hydrogen) atoms. The molecule has 0 aliphatic carbocycles. The van der Waals surface area contributed by atoms with E-state index in [4.69, 9.17) is 5.26 Å². The number of rotatable bonds is 8. The van der Waals surface area contributed by atoms with Crippen LogP contribution in [0.25, 0.3) is 22.8 Å². The zero-order valence-electron chi connectivity index (χ0n) is 16.7. The van der Waals surface area contributed by atoms with Crippen molar-refractivity contribution in [1.82, 2.24) is 24.9 Å². The Balaban J connectivity index is 1.48.